The molecule has 0 bridgehead atoms. The molecule has 0 saturated heterocycles. The fourth-order valence-corrected chi connectivity index (χ4v) is 3.36. The number of benzene rings is 1. The Hall–Kier alpha value is -0.470. The van der Waals surface area contributed by atoms with E-state index < -0.39 is 0 Å². The molecule has 0 aliphatic rings. The van der Waals surface area contributed by atoms with Gasteiger partial charge in [-0.05, 0) is 37.9 Å². The summed E-state index contributed by atoms with van der Waals surface area (Å²) >= 11 is 1.98. The molecule has 0 aromatic heterocycles. The highest BCUT2D eigenvalue weighted by atomic mass is 32.2. The first-order valence-electron chi connectivity index (χ1n) is 7.06. The number of rotatable bonds is 8. The van der Waals surface area contributed by atoms with E-state index in [0.29, 0.717) is 6.04 Å². The van der Waals surface area contributed by atoms with E-state index in [1.165, 1.54) is 29.7 Å². The van der Waals surface area contributed by atoms with Crippen LogP contribution in [0.2, 0.25) is 0 Å². The molecule has 0 aliphatic heterocycles. The van der Waals surface area contributed by atoms with Crippen LogP contribution in [-0.4, -0.2) is 18.8 Å². The SMILES string of the molecule is CCC(CC)CC(CSc1ccccc1C)NC. The van der Waals surface area contributed by atoms with E-state index in [1.54, 1.807) is 0 Å². The molecule has 0 heterocycles. The van der Waals surface area contributed by atoms with Gasteiger partial charge in [0.05, 0.1) is 0 Å². The highest BCUT2D eigenvalue weighted by molar-refractivity contribution is 7.99. The summed E-state index contributed by atoms with van der Waals surface area (Å²) in [5.41, 5.74) is 1.39. The third-order valence-electron chi connectivity index (χ3n) is 3.71. The van der Waals surface area contributed by atoms with E-state index >= 15 is 0 Å². The number of aryl methyl sites for hydroxylation is 1. The maximum Gasteiger partial charge on any atom is 0.0161 e. The van der Waals surface area contributed by atoms with Gasteiger partial charge in [-0.25, -0.2) is 0 Å². The molecule has 1 nitrogen and oxygen atoms in total. The highest BCUT2D eigenvalue weighted by Crippen LogP contribution is 2.25. The molecular formula is C16H27NS. The number of hydrogen-bond donors (Lipinski definition) is 1. The maximum absolute atomic E-state index is 3.47. The Kier molecular flexibility index (Phi) is 7.45. The molecule has 1 N–H and O–H groups in total. The van der Waals surface area contributed by atoms with Gasteiger partial charge in [0.25, 0.3) is 0 Å². The van der Waals surface area contributed by atoms with Crippen molar-refractivity contribution in [3.63, 3.8) is 0 Å². The summed E-state index contributed by atoms with van der Waals surface area (Å²) in [5, 5.41) is 3.47. The molecule has 1 rings (SSSR count). The van der Waals surface area contributed by atoms with Gasteiger partial charge in [-0.1, -0.05) is 44.9 Å². The standard InChI is InChI=1S/C16H27NS/c1-5-14(6-2)11-15(17-4)12-18-16-10-8-7-9-13(16)3/h7-10,14-15,17H,5-6,11-12H2,1-4H3. The minimum Gasteiger partial charge on any atom is -0.316 e. The minimum atomic E-state index is 0.625. The van der Waals surface area contributed by atoms with Crippen molar-refractivity contribution >= 4 is 11.8 Å². The van der Waals surface area contributed by atoms with Gasteiger partial charge in [0.15, 0.2) is 0 Å². The molecule has 0 radical (unpaired) electrons. The lowest BCUT2D eigenvalue weighted by Gasteiger charge is -2.21. The molecule has 18 heavy (non-hydrogen) atoms. The Balaban J connectivity index is 2.47. The first-order valence-corrected chi connectivity index (χ1v) is 8.05. The molecule has 1 atom stereocenters. The lowest BCUT2D eigenvalue weighted by molar-refractivity contribution is 0.397. The van der Waals surface area contributed by atoms with Crippen LogP contribution >= 0.6 is 11.8 Å². The van der Waals surface area contributed by atoms with Crippen LogP contribution in [0.25, 0.3) is 0 Å². The van der Waals surface area contributed by atoms with Crippen molar-refractivity contribution < 1.29 is 0 Å². The molecule has 0 aliphatic carbocycles. The minimum absolute atomic E-state index is 0.625. The summed E-state index contributed by atoms with van der Waals surface area (Å²) in [4.78, 5) is 1.42. The molecule has 1 aromatic rings. The van der Waals surface area contributed by atoms with Crippen LogP contribution in [0.15, 0.2) is 29.2 Å². The predicted molar refractivity (Wildman–Crippen MR) is 83.4 cm³/mol. The van der Waals surface area contributed by atoms with Crippen LogP contribution in [0.5, 0.6) is 0 Å². The second kappa shape index (κ2) is 8.60. The van der Waals surface area contributed by atoms with Crippen molar-refractivity contribution in [2.45, 2.75) is 51.0 Å². The van der Waals surface area contributed by atoms with Crippen molar-refractivity contribution in [1.29, 1.82) is 0 Å². The van der Waals surface area contributed by atoms with Crippen LogP contribution < -0.4 is 5.32 Å². The quantitative estimate of drug-likeness (QED) is 0.694. The van der Waals surface area contributed by atoms with Crippen LogP contribution in [0, 0.1) is 12.8 Å². The topological polar surface area (TPSA) is 12.0 Å². The van der Waals surface area contributed by atoms with Gasteiger partial charge < -0.3 is 5.32 Å². The Bertz CT molecular complexity index is 334. The van der Waals surface area contributed by atoms with Gasteiger partial charge >= 0.3 is 0 Å². The van der Waals surface area contributed by atoms with Crippen LogP contribution in [0.3, 0.4) is 0 Å². The van der Waals surface area contributed by atoms with E-state index in [2.05, 4.69) is 57.4 Å². The molecule has 1 unspecified atom stereocenters. The average Bonchev–Trinajstić information content (AvgIpc) is 2.41. The van der Waals surface area contributed by atoms with Crippen LogP contribution in [0.4, 0.5) is 0 Å². The fraction of sp³-hybridized carbons (Fsp3) is 0.625. The van der Waals surface area contributed by atoms with Gasteiger partial charge in [-0.2, -0.15) is 0 Å². The van der Waals surface area contributed by atoms with Crippen molar-refractivity contribution in [2.24, 2.45) is 5.92 Å². The summed E-state index contributed by atoms with van der Waals surface area (Å²) in [5.74, 6) is 2.03. The van der Waals surface area contributed by atoms with Crippen molar-refractivity contribution in [3.8, 4) is 0 Å². The first kappa shape index (κ1) is 15.6. The average molecular weight is 265 g/mol. The van der Waals surface area contributed by atoms with Crippen LogP contribution in [0.1, 0.15) is 38.7 Å². The Morgan fingerprint density at radius 1 is 1.17 bits per heavy atom. The van der Waals surface area contributed by atoms with Gasteiger partial charge in [-0.15, -0.1) is 11.8 Å². The lowest BCUT2D eigenvalue weighted by atomic mass is 9.95. The van der Waals surface area contributed by atoms with Gasteiger partial charge in [0.2, 0.25) is 0 Å². The maximum atomic E-state index is 3.47. The van der Waals surface area contributed by atoms with Crippen molar-refractivity contribution in [2.75, 3.05) is 12.8 Å². The van der Waals surface area contributed by atoms with Gasteiger partial charge in [-0.3, -0.25) is 0 Å². The summed E-state index contributed by atoms with van der Waals surface area (Å²) < 4.78 is 0. The van der Waals surface area contributed by atoms with E-state index in [-0.39, 0.29) is 0 Å². The molecule has 2 heteroatoms. The van der Waals surface area contributed by atoms with Crippen LogP contribution in [-0.2, 0) is 0 Å². The monoisotopic (exact) mass is 265 g/mol. The molecule has 102 valence electrons. The third kappa shape index (κ3) is 5.03. The Morgan fingerprint density at radius 2 is 1.83 bits per heavy atom. The fourth-order valence-electron chi connectivity index (χ4n) is 2.20. The third-order valence-corrected chi connectivity index (χ3v) is 5.05. The molecule has 0 spiro atoms. The van der Waals surface area contributed by atoms with Gasteiger partial charge in [0, 0.05) is 16.7 Å². The second-order valence-electron chi connectivity index (χ2n) is 4.98. The van der Waals surface area contributed by atoms with E-state index in [4.69, 9.17) is 0 Å². The molecule has 1 aromatic carbocycles. The zero-order valence-corrected chi connectivity index (χ0v) is 13.0. The summed E-state index contributed by atoms with van der Waals surface area (Å²) in [6, 6.07) is 9.28. The zero-order valence-electron chi connectivity index (χ0n) is 12.2. The van der Waals surface area contributed by atoms with Crippen molar-refractivity contribution in [3.05, 3.63) is 29.8 Å². The first-order chi connectivity index (χ1) is 8.71. The van der Waals surface area contributed by atoms with E-state index in [1.807, 2.05) is 11.8 Å². The summed E-state index contributed by atoms with van der Waals surface area (Å²) in [6.45, 7) is 6.79. The smallest absolute Gasteiger partial charge is 0.0161 e. The summed E-state index contributed by atoms with van der Waals surface area (Å²) in [7, 11) is 2.09. The Morgan fingerprint density at radius 3 is 2.39 bits per heavy atom. The molecule has 0 amide bonds. The molecule has 0 saturated carbocycles. The Labute approximate surface area is 117 Å². The highest BCUT2D eigenvalue weighted by Gasteiger charge is 2.13. The lowest BCUT2D eigenvalue weighted by Crippen LogP contribution is -2.30. The summed E-state index contributed by atoms with van der Waals surface area (Å²) in [6.07, 6.45) is 3.88. The van der Waals surface area contributed by atoms with Gasteiger partial charge in [0.1, 0.15) is 0 Å². The molecular weight excluding hydrogens is 238 g/mol. The van der Waals surface area contributed by atoms with E-state index in [0.717, 1.165) is 11.7 Å². The predicted octanol–water partition coefficient (Wildman–Crippen LogP) is 4.50. The zero-order chi connectivity index (χ0) is 13.4. The normalized spacial score (nSPS) is 12.9. The number of thioether (sulfide) groups is 1. The molecule has 0 fully saturated rings. The number of hydrogen-bond acceptors (Lipinski definition) is 2. The second-order valence-corrected chi connectivity index (χ2v) is 6.04. The number of nitrogens with one attached hydrogen (secondary N) is 1. The van der Waals surface area contributed by atoms with E-state index in [9.17, 15) is 0 Å². The largest absolute Gasteiger partial charge is 0.316 e. The van der Waals surface area contributed by atoms with Crippen molar-refractivity contribution in [1.82, 2.24) is 5.32 Å².